The molecule has 25 nitrogen and oxygen atoms in total. The highest BCUT2D eigenvalue weighted by atomic mass is 32.1. The van der Waals surface area contributed by atoms with Gasteiger partial charge in [0.1, 0.15) is 0 Å². The molecule has 2 aliphatic rings. The number of morpholine rings is 2. The average molecular weight is 887 g/mol. The molecule has 0 aromatic carbocycles. The van der Waals surface area contributed by atoms with Gasteiger partial charge in [0.05, 0.1) is 65.4 Å². The van der Waals surface area contributed by atoms with E-state index < -0.39 is 85.8 Å². The lowest BCUT2D eigenvalue weighted by Crippen LogP contribution is -2.49. The van der Waals surface area contributed by atoms with Gasteiger partial charge in [-0.1, -0.05) is 0 Å². The van der Waals surface area contributed by atoms with Crippen molar-refractivity contribution in [1.82, 2.24) is 34.7 Å². The molecule has 2 saturated heterocycles. The Morgan fingerprint density at radius 2 is 0.814 bits per heavy atom. The van der Waals surface area contributed by atoms with Crippen LogP contribution in [0.15, 0.2) is 0 Å². The highest BCUT2D eigenvalue weighted by Gasteiger charge is 2.27. The molecular weight excluding hydrogens is 833 g/mol. The fourth-order valence-electron chi connectivity index (χ4n) is 5.05. The molecule has 2 heterocycles. The van der Waals surface area contributed by atoms with Gasteiger partial charge in [0.15, 0.2) is 0 Å². The molecule has 336 valence electrons. The van der Waals surface area contributed by atoms with E-state index in [4.69, 9.17) is 31.3 Å². The number of nitrogens with one attached hydrogen (secondary N) is 1. The van der Waals surface area contributed by atoms with Crippen LogP contribution in [0, 0.1) is 0 Å². The highest BCUT2D eigenvalue weighted by molar-refractivity contribution is 7.80. The number of hydrogen-bond acceptors (Lipinski definition) is 21. The second-order valence-corrected chi connectivity index (χ2v) is 13.5. The summed E-state index contributed by atoms with van der Waals surface area (Å²) in [6.07, 6.45) is 0. The van der Waals surface area contributed by atoms with Crippen molar-refractivity contribution < 1.29 is 83.0 Å². The van der Waals surface area contributed by atoms with E-state index in [1.54, 1.807) is 14.7 Å². The number of amides is 1. The van der Waals surface area contributed by atoms with Crippen LogP contribution in [0.2, 0.25) is 0 Å². The first kappa shape index (κ1) is 54.5. The van der Waals surface area contributed by atoms with E-state index in [0.717, 1.165) is 10.7 Å². The van der Waals surface area contributed by atoms with Crippen LogP contribution >= 0.6 is 25.3 Å². The molecule has 2 fully saturated rings. The normalized spacial score (nSPS) is 14.6. The van der Waals surface area contributed by atoms with Crippen LogP contribution in [0.25, 0.3) is 0 Å². The smallest absolute Gasteiger partial charge is 0.327 e. The Labute approximate surface area is 350 Å². The fourth-order valence-corrected chi connectivity index (χ4v) is 5.16. The van der Waals surface area contributed by atoms with Gasteiger partial charge in [0, 0.05) is 77.0 Å². The second-order valence-electron chi connectivity index (χ2n) is 12.6. The number of carbonyl (C=O) groups is 10. The summed E-state index contributed by atoms with van der Waals surface area (Å²) in [5.74, 6) is -7.50. The predicted molar refractivity (Wildman–Crippen MR) is 209 cm³/mol. The van der Waals surface area contributed by atoms with Crippen molar-refractivity contribution in [3.63, 3.8) is 0 Å². The maximum absolute atomic E-state index is 11.8. The van der Waals surface area contributed by atoms with Gasteiger partial charge in [0.2, 0.25) is 5.91 Å². The standard InChI is InChI=1S/C16H28N4O9S.C14H19N3O8.C2H7NS/c21-12(17-1-6-30)7-19(9-14(24)25)4-2-18(8-13(22)23)3-5-20(10-15(26)27)11-16(28)29;18-10(19)5-15(1-3-16-6-11(20)24-12(21)7-16)2-4-17-8-13(22)25-14(23)9-17;3-1-2-4/h30H,1-11H2,(H,17,21)(H,22,23)(H,24,25)(H,26,27)(H,28,29);1-9H2,(H,18,19);4H,1-3H2. The van der Waals surface area contributed by atoms with Crippen molar-refractivity contribution in [2.45, 2.75) is 0 Å². The van der Waals surface area contributed by atoms with Gasteiger partial charge in [-0.3, -0.25) is 77.3 Å². The first-order chi connectivity index (χ1) is 27.8. The maximum atomic E-state index is 11.8. The van der Waals surface area contributed by atoms with Crippen molar-refractivity contribution in [2.24, 2.45) is 5.73 Å². The summed E-state index contributed by atoms with van der Waals surface area (Å²) in [6, 6.07) is 0. The molecule has 0 bridgehead atoms. The van der Waals surface area contributed by atoms with Crippen LogP contribution in [0.4, 0.5) is 0 Å². The van der Waals surface area contributed by atoms with Crippen molar-refractivity contribution in [2.75, 3.05) is 142 Å². The molecule has 1 amide bonds. The Kier molecular flexibility index (Phi) is 29.1. The summed E-state index contributed by atoms with van der Waals surface area (Å²) in [6.45, 7) is -0.0536. The molecule has 0 unspecified atom stereocenters. The number of thiol groups is 2. The molecule has 0 atom stereocenters. The molecule has 8 N–H and O–H groups in total. The van der Waals surface area contributed by atoms with Crippen molar-refractivity contribution in [1.29, 1.82) is 0 Å². The number of nitrogens with zero attached hydrogens (tertiary/aromatic N) is 6. The zero-order chi connectivity index (χ0) is 44.9. The van der Waals surface area contributed by atoms with E-state index in [0.29, 0.717) is 45.0 Å². The number of aliphatic carboxylic acids is 5. The minimum absolute atomic E-state index is 0.0206. The highest BCUT2D eigenvalue weighted by Crippen LogP contribution is 2.04. The number of carboxylic acid groups (broad SMARTS) is 5. The van der Waals surface area contributed by atoms with Gasteiger partial charge in [-0.2, -0.15) is 25.3 Å². The van der Waals surface area contributed by atoms with Crippen LogP contribution in [-0.4, -0.2) is 257 Å². The van der Waals surface area contributed by atoms with Crippen LogP contribution in [-0.2, 0) is 57.4 Å². The minimum atomic E-state index is -1.22. The fraction of sp³-hybridized carbons (Fsp3) is 0.688. The predicted octanol–water partition coefficient (Wildman–Crippen LogP) is -5.70. The molecule has 27 heteroatoms. The summed E-state index contributed by atoms with van der Waals surface area (Å²) >= 11 is 7.76. The van der Waals surface area contributed by atoms with Gasteiger partial charge in [-0.05, 0) is 0 Å². The number of esters is 4. The Bertz CT molecular complexity index is 1340. The Morgan fingerprint density at radius 3 is 1.12 bits per heavy atom. The van der Waals surface area contributed by atoms with Gasteiger partial charge >= 0.3 is 53.7 Å². The summed E-state index contributed by atoms with van der Waals surface area (Å²) in [7, 11) is 0. The molecule has 0 spiro atoms. The third-order valence-corrected chi connectivity index (χ3v) is 8.00. The molecular formula is C32H54N8O17S2. The van der Waals surface area contributed by atoms with E-state index >= 15 is 0 Å². The summed E-state index contributed by atoms with van der Waals surface area (Å²) < 4.78 is 8.85. The third-order valence-electron chi connectivity index (χ3n) is 7.52. The van der Waals surface area contributed by atoms with E-state index in [1.165, 1.54) is 9.80 Å². The Balaban J connectivity index is 0.00000106. The van der Waals surface area contributed by atoms with Gasteiger partial charge < -0.3 is 46.1 Å². The first-order valence-corrected chi connectivity index (χ1v) is 19.1. The molecule has 0 aromatic rings. The number of ether oxygens (including phenoxy) is 2. The lowest BCUT2D eigenvalue weighted by atomic mass is 10.3. The summed E-state index contributed by atoms with van der Waals surface area (Å²) in [5, 5.41) is 47.4. The lowest BCUT2D eigenvalue weighted by Gasteiger charge is -2.30. The van der Waals surface area contributed by atoms with Gasteiger partial charge in [-0.25, -0.2) is 0 Å². The largest absolute Gasteiger partial charge is 0.480 e. The minimum Gasteiger partial charge on any atom is -0.480 e. The van der Waals surface area contributed by atoms with Gasteiger partial charge in [0.25, 0.3) is 0 Å². The quantitative estimate of drug-likeness (QED) is 0.0211. The molecule has 2 aliphatic heterocycles. The molecule has 0 aliphatic carbocycles. The van der Waals surface area contributed by atoms with E-state index in [-0.39, 0.29) is 65.4 Å². The average Bonchev–Trinajstić information content (AvgIpc) is 3.11. The topological polar surface area (TPSA) is 348 Å². The molecule has 59 heavy (non-hydrogen) atoms. The molecule has 0 saturated carbocycles. The summed E-state index contributed by atoms with van der Waals surface area (Å²) in [4.78, 5) is 120. The van der Waals surface area contributed by atoms with E-state index in [1.807, 2.05) is 0 Å². The van der Waals surface area contributed by atoms with Crippen molar-refractivity contribution in [3.8, 4) is 0 Å². The monoisotopic (exact) mass is 886 g/mol. The zero-order valence-corrected chi connectivity index (χ0v) is 34.1. The number of rotatable bonds is 27. The van der Waals surface area contributed by atoms with Crippen LogP contribution in [0.3, 0.4) is 0 Å². The van der Waals surface area contributed by atoms with Gasteiger partial charge in [-0.15, -0.1) is 0 Å². The molecule has 0 aromatic heterocycles. The van der Waals surface area contributed by atoms with Crippen LogP contribution < -0.4 is 11.1 Å². The first-order valence-electron chi connectivity index (χ1n) is 17.8. The Morgan fingerprint density at radius 1 is 0.525 bits per heavy atom. The number of carbonyl (C=O) groups excluding carboxylic acids is 5. The SMILES string of the molecule is NCCS.O=C(O)CN(CCN(CC(=O)O)CC(=O)O)CCN(CC(=O)O)CC(=O)NCCS.O=C(O)CN(CCN1CC(=O)OC(=O)C1)CCN1CC(=O)OC(=O)C1. The zero-order valence-electron chi connectivity index (χ0n) is 32.3. The number of carboxylic acids is 5. The maximum Gasteiger partial charge on any atom is 0.327 e. The second kappa shape index (κ2) is 31.4. The molecule has 0 radical (unpaired) electrons. The number of cyclic esters (lactones) is 4. The summed E-state index contributed by atoms with van der Waals surface area (Å²) in [5.41, 5.74) is 4.95. The number of hydrogen-bond donors (Lipinski definition) is 9. The van der Waals surface area contributed by atoms with Crippen LogP contribution in [0.1, 0.15) is 0 Å². The third kappa shape index (κ3) is 30.3. The molecule has 2 rings (SSSR count). The van der Waals surface area contributed by atoms with E-state index in [2.05, 4.69) is 40.0 Å². The van der Waals surface area contributed by atoms with Crippen molar-refractivity contribution >= 4 is 84.9 Å². The lowest BCUT2D eigenvalue weighted by molar-refractivity contribution is -0.168. The Hall–Kier alpha value is -4.48. The van der Waals surface area contributed by atoms with Crippen LogP contribution in [0.5, 0.6) is 0 Å². The van der Waals surface area contributed by atoms with Crippen molar-refractivity contribution in [3.05, 3.63) is 0 Å². The van der Waals surface area contributed by atoms with E-state index in [9.17, 15) is 47.9 Å². The number of nitrogens with two attached hydrogens (primary N) is 1.